The van der Waals surface area contributed by atoms with Crippen LogP contribution in [0.3, 0.4) is 0 Å². The van der Waals surface area contributed by atoms with Crippen molar-refractivity contribution in [3.63, 3.8) is 0 Å². The van der Waals surface area contributed by atoms with Gasteiger partial charge in [0.05, 0.1) is 16.6 Å². The summed E-state index contributed by atoms with van der Waals surface area (Å²) in [6.45, 7) is 2.48. The zero-order valence-corrected chi connectivity index (χ0v) is 26.9. The van der Waals surface area contributed by atoms with Crippen molar-refractivity contribution in [3.8, 4) is 0 Å². The number of carbonyl (C=O) groups is 3. The Balaban J connectivity index is 0.998. The number of amides is 3. The molecule has 3 amide bonds. The van der Waals surface area contributed by atoms with Gasteiger partial charge in [-0.3, -0.25) is 28.8 Å². The number of aromatic nitrogens is 2. The van der Waals surface area contributed by atoms with Crippen LogP contribution >= 0.6 is 0 Å². The Morgan fingerprint density at radius 1 is 1.00 bits per heavy atom. The number of carbonyl (C=O) groups excluding carboxylic acids is 3. The van der Waals surface area contributed by atoms with Gasteiger partial charge in [0.25, 0.3) is 10.2 Å². The molecule has 4 aliphatic heterocycles. The second kappa shape index (κ2) is 12.6. The highest BCUT2D eigenvalue weighted by atomic mass is 32.2. The quantitative estimate of drug-likeness (QED) is 0.306. The number of nitrogens with zero attached hydrogens (tertiary/aromatic N) is 5. The Hall–Kier alpha value is -3.07. The van der Waals surface area contributed by atoms with E-state index in [1.165, 1.54) is 4.57 Å². The first-order valence-electron chi connectivity index (χ1n) is 16.3. The topological polar surface area (TPSA) is 160 Å². The zero-order valence-electron chi connectivity index (χ0n) is 26.1. The number of piperidine rings is 2. The Morgan fingerprint density at radius 2 is 1.78 bits per heavy atom. The number of aryl methyl sites for hydroxylation is 2. The van der Waals surface area contributed by atoms with Crippen LogP contribution in [0.5, 0.6) is 0 Å². The van der Waals surface area contributed by atoms with E-state index < -0.39 is 27.7 Å². The summed E-state index contributed by atoms with van der Waals surface area (Å²) in [7, 11) is -1.89. The van der Waals surface area contributed by atoms with Gasteiger partial charge >= 0.3 is 5.69 Å². The van der Waals surface area contributed by atoms with Crippen molar-refractivity contribution in [2.45, 2.75) is 94.7 Å². The zero-order chi connectivity index (χ0) is 31.9. The van der Waals surface area contributed by atoms with Crippen molar-refractivity contribution in [2.24, 2.45) is 12.8 Å². The molecule has 1 spiro atoms. The van der Waals surface area contributed by atoms with E-state index in [4.69, 9.17) is 5.73 Å². The third kappa shape index (κ3) is 6.09. The second-order valence-corrected chi connectivity index (χ2v) is 15.1. The monoisotopic (exact) mass is 643 g/mol. The minimum Gasteiger partial charge on any atom is -0.341 e. The van der Waals surface area contributed by atoms with Gasteiger partial charge in [-0.25, -0.2) is 4.79 Å². The number of nitrogens with one attached hydrogen (secondary N) is 1. The molecular formula is C31H45N7O6S. The van der Waals surface area contributed by atoms with Crippen LogP contribution in [-0.2, 0) is 38.1 Å². The number of imidazole rings is 1. The highest BCUT2D eigenvalue weighted by Crippen LogP contribution is 2.41. The number of hydrogen-bond acceptors (Lipinski definition) is 7. The van der Waals surface area contributed by atoms with Crippen molar-refractivity contribution in [1.29, 1.82) is 0 Å². The van der Waals surface area contributed by atoms with Crippen molar-refractivity contribution in [1.82, 2.24) is 28.0 Å². The number of imide groups is 1. The number of likely N-dealkylation sites (tertiary alicyclic amines) is 1. The van der Waals surface area contributed by atoms with E-state index in [2.05, 4.69) is 5.32 Å². The summed E-state index contributed by atoms with van der Waals surface area (Å²) in [5.41, 5.74) is 7.71. The molecule has 0 aliphatic carbocycles. The van der Waals surface area contributed by atoms with Gasteiger partial charge in [0, 0.05) is 58.7 Å². The molecule has 0 radical (unpaired) electrons. The van der Waals surface area contributed by atoms with E-state index in [0.717, 1.165) is 49.6 Å². The molecule has 14 heteroatoms. The first-order chi connectivity index (χ1) is 21.5. The summed E-state index contributed by atoms with van der Waals surface area (Å²) in [5, 5.41) is 2.33. The molecule has 2 aromatic rings. The number of benzene rings is 1. The molecule has 6 rings (SSSR count). The van der Waals surface area contributed by atoms with Gasteiger partial charge in [-0.2, -0.15) is 17.0 Å². The molecule has 5 heterocycles. The van der Waals surface area contributed by atoms with Gasteiger partial charge in [-0.1, -0.05) is 12.5 Å². The maximum atomic E-state index is 13.6. The van der Waals surface area contributed by atoms with Crippen LogP contribution < -0.4 is 16.7 Å². The van der Waals surface area contributed by atoms with Gasteiger partial charge in [-0.15, -0.1) is 0 Å². The average molecular weight is 644 g/mol. The van der Waals surface area contributed by atoms with Gasteiger partial charge in [-0.05, 0) is 75.5 Å². The maximum Gasteiger partial charge on any atom is 0.329 e. The third-order valence-corrected chi connectivity index (χ3v) is 12.5. The predicted molar refractivity (Wildman–Crippen MR) is 168 cm³/mol. The molecule has 45 heavy (non-hydrogen) atoms. The van der Waals surface area contributed by atoms with Crippen LogP contribution in [0.4, 0.5) is 0 Å². The van der Waals surface area contributed by atoms with Crippen molar-refractivity contribution >= 4 is 39.0 Å². The van der Waals surface area contributed by atoms with Crippen LogP contribution in [0.15, 0.2) is 23.0 Å². The lowest BCUT2D eigenvalue weighted by Gasteiger charge is -2.39. The van der Waals surface area contributed by atoms with Crippen LogP contribution in [0, 0.1) is 0 Å². The number of rotatable bonds is 9. The van der Waals surface area contributed by atoms with Gasteiger partial charge in [0.15, 0.2) is 0 Å². The number of fused-ring (bicyclic) bond motifs is 1. The van der Waals surface area contributed by atoms with E-state index in [9.17, 15) is 27.6 Å². The maximum absolute atomic E-state index is 13.6. The number of hydrogen-bond donors (Lipinski definition) is 2. The van der Waals surface area contributed by atoms with Crippen LogP contribution in [0.25, 0.3) is 11.0 Å². The van der Waals surface area contributed by atoms with Crippen LogP contribution in [0.1, 0.15) is 82.2 Å². The molecule has 3 N–H and O–H groups in total. The molecule has 2 atom stereocenters. The van der Waals surface area contributed by atoms with Crippen LogP contribution in [0.2, 0.25) is 0 Å². The Morgan fingerprint density at radius 3 is 2.53 bits per heavy atom. The average Bonchev–Trinajstić information content (AvgIpc) is 3.71. The number of nitrogens with two attached hydrogens (primary N) is 1. The molecule has 4 fully saturated rings. The van der Waals surface area contributed by atoms with E-state index >= 15 is 0 Å². The molecule has 1 aromatic carbocycles. The highest BCUT2D eigenvalue weighted by Gasteiger charge is 2.53. The van der Waals surface area contributed by atoms with E-state index in [0.29, 0.717) is 70.3 Å². The normalized spacial score (nSPS) is 25.6. The summed E-state index contributed by atoms with van der Waals surface area (Å²) in [4.78, 5) is 52.1. The summed E-state index contributed by atoms with van der Waals surface area (Å²) in [6, 6.07) is 5.17. The van der Waals surface area contributed by atoms with Crippen molar-refractivity contribution in [2.75, 3.05) is 32.7 Å². The minimum atomic E-state index is -3.58. The summed E-state index contributed by atoms with van der Waals surface area (Å²) < 4.78 is 33.4. The lowest BCUT2D eigenvalue weighted by molar-refractivity contribution is -0.135. The molecule has 4 aliphatic rings. The summed E-state index contributed by atoms with van der Waals surface area (Å²) in [5.74, 6) is -0.674. The molecule has 1 aromatic heterocycles. The lowest BCUT2D eigenvalue weighted by Crippen LogP contribution is -2.56. The van der Waals surface area contributed by atoms with Crippen molar-refractivity contribution < 1.29 is 22.8 Å². The van der Waals surface area contributed by atoms with E-state index in [-0.39, 0.29) is 30.0 Å². The van der Waals surface area contributed by atoms with E-state index in [1.54, 1.807) is 20.2 Å². The fraction of sp³-hybridized carbons (Fsp3) is 0.677. The molecule has 2 unspecified atom stereocenters. The molecule has 13 nitrogen and oxygen atoms in total. The highest BCUT2D eigenvalue weighted by molar-refractivity contribution is 7.86. The molecule has 0 bridgehead atoms. The van der Waals surface area contributed by atoms with Crippen molar-refractivity contribution in [3.05, 3.63) is 34.2 Å². The fourth-order valence-corrected chi connectivity index (χ4v) is 9.77. The minimum absolute atomic E-state index is 0.0576. The van der Waals surface area contributed by atoms with Gasteiger partial charge in [0.2, 0.25) is 17.7 Å². The third-order valence-electron chi connectivity index (χ3n) is 10.4. The summed E-state index contributed by atoms with van der Waals surface area (Å²) in [6.07, 6.45) is 7.89. The smallest absolute Gasteiger partial charge is 0.329 e. The molecule has 0 saturated carbocycles. The predicted octanol–water partition coefficient (Wildman–Crippen LogP) is 1.16. The first-order valence-corrected chi connectivity index (χ1v) is 17.7. The van der Waals surface area contributed by atoms with Gasteiger partial charge in [0.1, 0.15) is 6.04 Å². The van der Waals surface area contributed by atoms with E-state index in [1.807, 2.05) is 23.1 Å². The number of unbranched alkanes of at least 4 members (excludes halogenated alkanes) is 2. The summed E-state index contributed by atoms with van der Waals surface area (Å²) >= 11 is 0. The molecular weight excluding hydrogens is 598 g/mol. The molecule has 4 saturated heterocycles. The Bertz CT molecular complexity index is 1640. The largest absolute Gasteiger partial charge is 0.341 e. The second-order valence-electron chi connectivity index (χ2n) is 13.3. The van der Waals surface area contributed by atoms with Gasteiger partial charge < -0.3 is 10.6 Å². The fourth-order valence-electron chi connectivity index (χ4n) is 7.73. The first kappa shape index (κ1) is 31.9. The SMILES string of the molecule is Cn1c(=O)n(C2CCC(=O)NC2=O)c2ccc(CCCCCC(=O)N3CCC4(CCCN4S(=O)(=O)N4CCC(N)CC4)C3)cc21. The van der Waals surface area contributed by atoms with Crippen LogP contribution in [-0.4, -0.2) is 93.1 Å². The molecule has 246 valence electrons. The Labute approximate surface area is 263 Å². The Kier molecular flexibility index (Phi) is 8.94. The standard InChI is InChI=1S/C31H45N7O6S/c1-34-26-20-22(8-9-24(26)38(30(34)42)25-10-11-27(39)33-29(25)41)6-3-2-4-7-28(40)35-19-15-31(21-35)14-5-16-37(31)45(43,44)36-17-12-23(32)13-18-36/h8-9,20,23,25H,2-7,10-19,21,32H2,1H3,(H,33,39,41). The lowest BCUT2D eigenvalue weighted by atomic mass is 9.97.